The molecule has 2 aliphatic rings. The molecule has 0 atom stereocenters. The van der Waals surface area contributed by atoms with E-state index in [1.807, 2.05) is 30.4 Å². The molecule has 5 rings (SSSR count). The van der Waals surface area contributed by atoms with E-state index in [-0.39, 0.29) is 51.0 Å². The molecule has 0 saturated carbocycles. The van der Waals surface area contributed by atoms with Crippen LogP contribution in [-0.4, -0.2) is 5.71 Å². The van der Waals surface area contributed by atoms with Gasteiger partial charge in [0.1, 0.15) is 0 Å². The molecule has 0 amide bonds. The van der Waals surface area contributed by atoms with Crippen LogP contribution in [0.3, 0.4) is 0 Å². The number of rotatable bonds is 3. The van der Waals surface area contributed by atoms with Crippen molar-refractivity contribution in [2.75, 3.05) is 0 Å². The van der Waals surface area contributed by atoms with Gasteiger partial charge in [0.05, 0.1) is 5.70 Å². The topological polar surface area (TPSA) is 12.4 Å². The molecule has 0 saturated heterocycles. The number of thiophene rings is 1. The van der Waals surface area contributed by atoms with Crippen LogP contribution in [-0.2, 0) is 32.6 Å². The molecule has 1 nitrogen and oxygen atoms in total. The average molecular weight is 519 g/mol. The van der Waals surface area contributed by atoms with Crippen LogP contribution in [0.4, 0.5) is 0 Å². The van der Waals surface area contributed by atoms with Gasteiger partial charge in [0.15, 0.2) is 0 Å². The monoisotopic (exact) mass is 516 g/mol. The minimum atomic E-state index is 0. The summed E-state index contributed by atoms with van der Waals surface area (Å²) in [6.07, 6.45) is 10.7. The number of fused-ring (bicyclic) bond motifs is 2. The van der Waals surface area contributed by atoms with E-state index in [1.165, 1.54) is 44.5 Å². The van der Waals surface area contributed by atoms with Gasteiger partial charge in [0.25, 0.3) is 0 Å². The Balaban J connectivity index is 0.000000302. The van der Waals surface area contributed by atoms with Crippen LogP contribution in [0.25, 0.3) is 21.2 Å². The Morgan fingerprint density at radius 2 is 1.86 bits per heavy atom. The van der Waals surface area contributed by atoms with Crippen molar-refractivity contribution in [3.05, 3.63) is 89.0 Å². The summed E-state index contributed by atoms with van der Waals surface area (Å²) in [6.45, 7) is 4.25. The van der Waals surface area contributed by atoms with Gasteiger partial charge in [-0.25, -0.2) is 0 Å². The van der Waals surface area contributed by atoms with E-state index in [0.717, 1.165) is 11.4 Å². The molecule has 147 valence electrons. The third-order valence-electron chi connectivity index (χ3n) is 4.55. The van der Waals surface area contributed by atoms with Crippen LogP contribution in [0.5, 0.6) is 0 Å². The van der Waals surface area contributed by atoms with Crippen LogP contribution in [0.1, 0.15) is 25.1 Å². The number of hydrogen-bond acceptors (Lipinski definition) is 2. The Hall–Kier alpha value is -1.12. The summed E-state index contributed by atoms with van der Waals surface area (Å²) in [6, 6.07) is 17.7. The van der Waals surface area contributed by atoms with Gasteiger partial charge < -0.3 is 24.8 Å². The zero-order valence-corrected chi connectivity index (χ0v) is 21.2. The van der Waals surface area contributed by atoms with E-state index in [1.54, 1.807) is 0 Å². The first-order valence-corrected chi connectivity index (χ1v) is 9.95. The summed E-state index contributed by atoms with van der Waals surface area (Å²) in [5.74, 6) is 0. The Morgan fingerprint density at radius 3 is 2.59 bits per heavy atom. The third-order valence-corrected chi connectivity index (χ3v) is 5.74. The van der Waals surface area contributed by atoms with Gasteiger partial charge in [0.2, 0.25) is 0 Å². The molecule has 1 aliphatic heterocycles. The molecule has 0 N–H and O–H groups in total. The van der Waals surface area contributed by atoms with Crippen molar-refractivity contribution < 1.29 is 51.0 Å². The van der Waals surface area contributed by atoms with Gasteiger partial charge in [0, 0.05) is 11.3 Å². The van der Waals surface area contributed by atoms with E-state index in [4.69, 9.17) is 0 Å². The van der Waals surface area contributed by atoms with Crippen LogP contribution in [0, 0.1) is 0 Å². The molecule has 0 fully saturated rings. The molecule has 0 bridgehead atoms. The number of benzene rings is 1. The number of halogens is 2. The quantitative estimate of drug-likeness (QED) is 0.461. The van der Waals surface area contributed by atoms with Crippen LogP contribution < -0.4 is 24.8 Å². The second kappa shape index (κ2) is 11.9. The fourth-order valence-electron chi connectivity index (χ4n) is 3.30. The average Bonchev–Trinajstić information content (AvgIpc) is 3.37. The van der Waals surface area contributed by atoms with Gasteiger partial charge >= 0.3 is 26.2 Å². The number of aryl methyl sites for hydroxylation is 1. The molecule has 0 unspecified atom stereocenters. The number of aliphatic imine (C=N–C) groups is 1. The van der Waals surface area contributed by atoms with Crippen molar-refractivity contribution in [1.29, 1.82) is 0 Å². The molecule has 2 aromatic carbocycles. The van der Waals surface area contributed by atoms with Gasteiger partial charge in [-0.1, -0.05) is 55.8 Å². The summed E-state index contributed by atoms with van der Waals surface area (Å²) < 4.78 is 0. The van der Waals surface area contributed by atoms with Crippen molar-refractivity contribution in [1.82, 2.24) is 0 Å². The largest absolute Gasteiger partial charge is 3.00 e. The zero-order chi connectivity index (χ0) is 17.9. The first kappa shape index (κ1) is 25.9. The molecule has 29 heavy (non-hydrogen) atoms. The van der Waals surface area contributed by atoms with Crippen LogP contribution in [0.2, 0.25) is 0 Å². The Kier molecular flexibility index (Phi) is 10.6. The smallest absolute Gasteiger partial charge is 1.00 e. The fourth-order valence-corrected chi connectivity index (χ4v) is 4.40. The van der Waals surface area contributed by atoms with Crippen LogP contribution in [0.15, 0.2) is 89.1 Å². The SMILES string of the molecule is CC1=NC2=CC=CC2=C1.CCCc1ccc(-c2cc3ccccc3[cH-]2)s1.[Cl-].[Cl-].[Zr+3]. The molecular formula is C24H22Cl2NSZr. The van der Waals surface area contributed by atoms with Crippen LogP contribution >= 0.6 is 11.3 Å². The summed E-state index contributed by atoms with van der Waals surface area (Å²) in [4.78, 5) is 7.16. The van der Waals surface area contributed by atoms with Crippen molar-refractivity contribution >= 4 is 27.8 Å². The summed E-state index contributed by atoms with van der Waals surface area (Å²) in [5, 5.41) is 2.68. The minimum absolute atomic E-state index is 0. The molecule has 3 aromatic rings. The van der Waals surface area contributed by atoms with Crippen molar-refractivity contribution in [3.8, 4) is 10.4 Å². The Morgan fingerprint density at radius 1 is 1.07 bits per heavy atom. The summed E-state index contributed by atoms with van der Waals surface area (Å²) in [7, 11) is 0. The molecule has 1 aromatic heterocycles. The molecular weight excluding hydrogens is 496 g/mol. The molecule has 5 heteroatoms. The van der Waals surface area contributed by atoms with Gasteiger partial charge in [-0.3, -0.25) is 4.99 Å². The predicted octanol–water partition coefficient (Wildman–Crippen LogP) is 1.09. The molecule has 2 heterocycles. The van der Waals surface area contributed by atoms with E-state index >= 15 is 0 Å². The maximum Gasteiger partial charge on any atom is 3.00 e. The Bertz CT molecular complexity index is 1040. The van der Waals surface area contributed by atoms with Crippen molar-refractivity contribution in [3.63, 3.8) is 0 Å². The number of nitrogens with zero attached hydrogens (tertiary/aromatic N) is 1. The molecule has 1 aliphatic carbocycles. The standard InChI is InChI=1S/C16H15S.C8H7N.2ClH.Zr/c1-2-5-15-8-9-16(17-15)14-10-12-6-3-4-7-13(12)11-14;1-6-5-7-3-2-4-8(7)9-6;;;/h3-4,6-11H,2,5H2,1H3;2-5H,1H3;2*1H;/q-1;;;;+3/p-2. The van der Waals surface area contributed by atoms with Crippen molar-refractivity contribution in [2.24, 2.45) is 4.99 Å². The minimum Gasteiger partial charge on any atom is -1.00 e. The second-order valence-electron chi connectivity index (χ2n) is 6.65. The van der Waals surface area contributed by atoms with Gasteiger partial charge in [-0.2, -0.15) is 11.3 Å². The van der Waals surface area contributed by atoms with Crippen molar-refractivity contribution in [2.45, 2.75) is 26.7 Å². The zero-order valence-electron chi connectivity index (χ0n) is 16.5. The number of hydrogen-bond donors (Lipinski definition) is 0. The van der Waals surface area contributed by atoms with Gasteiger partial charge in [-0.15, -0.1) is 34.5 Å². The maximum atomic E-state index is 4.27. The predicted molar refractivity (Wildman–Crippen MR) is 115 cm³/mol. The molecule has 1 radical (unpaired) electrons. The van der Waals surface area contributed by atoms with Gasteiger partial charge in [-0.05, 0) is 35.3 Å². The normalized spacial score (nSPS) is 13.1. The van der Waals surface area contributed by atoms with E-state index in [2.05, 4.69) is 72.6 Å². The third kappa shape index (κ3) is 6.18. The van der Waals surface area contributed by atoms with E-state index < -0.39 is 0 Å². The van der Waals surface area contributed by atoms with E-state index in [9.17, 15) is 0 Å². The summed E-state index contributed by atoms with van der Waals surface area (Å²) >= 11 is 1.93. The first-order chi connectivity index (χ1) is 12.7. The Labute approximate surface area is 208 Å². The number of allylic oxidation sites excluding steroid dienone is 4. The second-order valence-corrected chi connectivity index (χ2v) is 7.82. The maximum absolute atomic E-state index is 4.27. The van der Waals surface area contributed by atoms with E-state index in [0.29, 0.717) is 0 Å². The molecule has 0 spiro atoms. The first-order valence-electron chi connectivity index (χ1n) is 9.13. The summed E-state index contributed by atoms with van der Waals surface area (Å²) in [5.41, 5.74) is 4.85. The fraction of sp³-hybridized carbons (Fsp3) is 0.167.